The van der Waals surface area contributed by atoms with Crippen LogP contribution in [0.3, 0.4) is 0 Å². The highest BCUT2D eigenvalue weighted by molar-refractivity contribution is 5.76. The van der Waals surface area contributed by atoms with Crippen molar-refractivity contribution in [3.05, 3.63) is 12.2 Å². The van der Waals surface area contributed by atoms with Gasteiger partial charge in [0.2, 0.25) is 23.6 Å². The standard InChI is InChI=1S/C92H164N4O43/c1-6-8-10-12-14-16-18-20-21-22-23-25-27-29-31-33-35-37-60(109)96-50(51(108)36-34-32-30-28-26-24-19-17-15-13-11-9-7-2)46-124-88-74(120)72(118)81(59(45-104)132-88)136-92-77(123)84(67(113)55(41-100)128-92)139-87-63(95-49(5)107)70(116)80(58(44-103)131-87)135-91-76(122)83(66(112)54(40-99)127-91)138-86-62(94-48(4)106)69(115)79(57(43-102)130-86)134-90-75(121)82(65(111)53(39-98)126-90)137-85-61(93-47(3)105)68(114)78(56(42-101)129-85)133-89-73(119)71(117)64(110)52(38-97)125-89/h34,36,50-59,61-92,97-104,108,110-123H,6-33,35,37-46H2,1-5H3,(H,93,105)(H,94,106)(H,95,107)(H,96,109)/b36-34+/t50-,51+,52?,53?,54?,55?,56?,57?,58?,59?,61?,62?,63?,64-,65-,66-,67-,68+,69+,70+,71-,72+,73?,74?,75?,76?,77?,78+,79+,80+,81+,82-,83-,84-,85-,86-,87-,88+,89-,90-,91-,92-/m0/s1. The number of unbranched alkanes of at least 4 members (excludes halogenated alkanes) is 27. The lowest BCUT2D eigenvalue weighted by Gasteiger charge is -2.51. The van der Waals surface area contributed by atoms with E-state index in [2.05, 4.69) is 35.1 Å². The van der Waals surface area contributed by atoms with Crippen molar-refractivity contribution in [3.8, 4) is 0 Å². The first-order chi connectivity index (χ1) is 66.7. The number of ether oxygens (including phenoxy) is 16. The Kier molecular flexibility index (Phi) is 54.0. The zero-order valence-corrected chi connectivity index (χ0v) is 80.4. The summed E-state index contributed by atoms with van der Waals surface area (Å²) in [4.78, 5) is 52.5. The van der Waals surface area contributed by atoms with Gasteiger partial charge >= 0.3 is 0 Å². The van der Waals surface area contributed by atoms with E-state index >= 15 is 0 Å². The van der Waals surface area contributed by atoms with Crippen molar-refractivity contribution in [2.24, 2.45) is 0 Å². The monoisotopic (exact) mass is 2010 g/mol. The maximum absolute atomic E-state index is 13.6. The number of carbonyl (C=O) groups excluding carboxylic acids is 4. The number of aliphatic hydroxyl groups excluding tert-OH is 23. The van der Waals surface area contributed by atoms with E-state index in [0.29, 0.717) is 12.8 Å². The Morgan fingerprint density at radius 2 is 0.532 bits per heavy atom. The number of nitrogens with one attached hydrogen (secondary N) is 4. The first-order valence-corrected chi connectivity index (χ1v) is 50.0. The van der Waals surface area contributed by atoms with E-state index in [1.165, 1.54) is 122 Å². The van der Waals surface area contributed by atoms with Gasteiger partial charge in [0.25, 0.3) is 0 Å². The fourth-order valence-electron chi connectivity index (χ4n) is 18.8. The Labute approximate surface area is 810 Å². The summed E-state index contributed by atoms with van der Waals surface area (Å²) in [6.45, 7) is -1.57. The molecule has 42 atom stereocenters. The van der Waals surface area contributed by atoms with Crippen LogP contribution >= 0.6 is 0 Å². The lowest BCUT2D eigenvalue weighted by atomic mass is 9.93. The van der Waals surface area contributed by atoms with Crippen molar-refractivity contribution in [3.63, 3.8) is 0 Å². The Balaban J connectivity index is 0.900. The van der Waals surface area contributed by atoms with Gasteiger partial charge in [0.05, 0.1) is 71.6 Å². The predicted molar refractivity (Wildman–Crippen MR) is 480 cm³/mol. The molecule has 4 amide bonds. The van der Waals surface area contributed by atoms with E-state index in [0.717, 1.165) is 72.1 Å². The number of rotatable bonds is 61. The van der Waals surface area contributed by atoms with Crippen molar-refractivity contribution in [1.82, 2.24) is 21.3 Å². The molecule has 8 rings (SSSR count). The minimum Gasteiger partial charge on any atom is -0.394 e. The number of hydrogen-bond acceptors (Lipinski definition) is 43. The summed E-state index contributed by atoms with van der Waals surface area (Å²) < 4.78 is 95.1. The summed E-state index contributed by atoms with van der Waals surface area (Å²) in [5, 5.41) is 270. The molecule has 8 heterocycles. The normalized spacial score (nSPS) is 38.9. The third-order valence-electron chi connectivity index (χ3n) is 26.9. The molecule has 810 valence electrons. The molecule has 8 fully saturated rings. The highest BCUT2D eigenvalue weighted by Crippen LogP contribution is 2.40. The zero-order chi connectivity index (χ0) is 102. The summed E-state index contributed by atoms with van der Waals surface area (Å²) >= 11 is 0. The number of allylic oxidation sites excluding steroid dienone is 1. The molecule has 8 aliphatic rings. The predicted octanol–water partition coefficient (Wildman–Crippen LogP) is -5.85. The third kappa shape index (κ3) is 34.8. The van der Waals surface area contributed by atoms with Crippen LogP contribution in [-0.4, -0.2) is 458 Å². The van der Waals surface area contributed by atoms with E-state index in [1.807, 2.05) is 6.08 Å². The van der Waals surface area contributed by atoms with Gasteiger partial charge in [0.15, 0.2) is 50.3 Å². The molecule has 47 nitrogen and oxygen atoms in total. The quantitative estimate of drug-likeness (QED) is 0.0199. The second-order valence-electron chi connectivity index (χ2n) is 37.7. The highest BCUT2D eigenvalue weighted by atomic mass is 16.8. The second-order valence-corrected chi connectivity index (χ2v) is 37.7. The van der Waals surface area contributed by atoms with Gasteiger partial charge in [-0.2, -0.15) is 0 Å². The fourth-order valence-corrected chi connectivity index (χ4v) is 18.8. The smallest absolute Gasteiger partial charge is 0.220 e. The van der Waals surface area contributed by atoms with Gasteiger partial charge in [0, 0.05) is 27.2 Å². The van der Waals surface area contributed by atoms with Crippen LogP contribution in [0.4, 0.5) is 0 Å². The van der Waals surface area contributed by atoms with E-state index in [4.69, 9.17) is 75.8 Å². The SMILES string of the molecule is CCCCCCCCCCCCC/C=C/[C@@H](O)[C@H](CO[C@@H]1OC(CO)[C@@H](O[C@@H]2OC(CO)[C@H](O)[C@H](O[C@@H]3OC(CO)[C@@H](O[C@@H]4OC(CO)[C@H](O)[C@H](O[C@@H]5OC(CO)[C@@H](O[C@@H]6OC(CO)[C@H](O)[C@H](O[C@@H]7OC(CO)[C@@H](O[C@@H]8OC(CO)[C@H](O)[C@H](O)C8O)[C@H](O)C7NC(C)=O)C6O)[C@H](O)C5NC(C)=O)C4O)[C@H](O)C3NC(C)=O)C2O)[C@H](O)C1O)NC(=O)CCCCCCCCCCCCCCCCCCC. The number of hydrogen-bond donors (Lipinski definition) is 27. The van der Waals surface area contributed by atoms with E-state index in [1.54, 1.807) is 6.08 Å². The molecule has 0 aromatic carbocycles. The van der Waals surface area contributed by atoms with Gasteiger partial charge < -0.3 is 215 Å². The fraction of sp³-hybridized carbons (Fsp3) is 0.935. The van der Waals surface area contributed by atoms with Crippen molar-refractivity contribution < 1.29 is 212 Å². The molecular formula is C92H164N4O43. The first-order valence-electron chi connectivity index (χ1n) is 50.0. The lowest BCUT2D eigenvalue weighted by molar-refractivity contribution is -0.389. The number of aliphatic hydroxyl groups is 23. The minimum absolute atomic E-state index is 0.154. The maximum atomic E-state index is 13.6. The van der Waals surface area contributed by atoms with Crippen LogP contribution in [0.5, 0.6) is 0 Å². The van der Waals surface area contributed by atoms with Gasteiger partial charge in [-0.15, -0.1) is 0 Å². The van der Waals surface area contributed by atoms with Crippen molar-refractivity contribution >= 4 is 23.6 Å². The van der Waals surface area contributed by atoms with Gasteiger partial charge in [-0.05, 0) is 19.3 Å². The zero-order valence-electron chi connectivity index (χ0n) is 80.4. The average Bonchev–Trinajstić information content (AvgIpc) is 0.766. The molecule has 0 saturated carbocycles. The maximum Gasteiger partial charge on any atom is 0.220 e. The molecule has 47 heteroatoms. The summed E-state index contributed by atoms with van der Waals surface area (Å²) in [6, 6.07) is -6.74. The molecule has 8 aliphatic heterocycles. The van der Waals surface area contributed by atoms with Crippen LogP contribution < -0.4 is 21.3 Å². The van der Waals surface area contributed by atoms with Crippen LogP contribution in [0.2, 0.25) is 0 Å². The third-order valence-corrected chi connectivity index (χ3v) is 26.9. The number of amides is 4. The molecule has 0 aromatic heterocycles. The van der Waals surface area contributed by atoms with Gasteiger partial charge in [-0.3, -0.25) is 19.2 Å². The molecule has 8 saturated heterocycles. The van der Waals surface area contributed by atoms with Crippen LogP contribution in [0, 0.1) is 0 Å². The molecule has 0 aliphatic carbocycles. The lowest BCUT2D eigenvalue weighted by Crippen LogP contribution is -2.71. The van der Waals surface area contributed by atoms with Crippen molar-refractivity contribution in [2.45, 2.75) is 485 Å². The Morgan fingerprint density at radius 3 is 0.835 bits per heavy atom. The van der Waals surface area contributed by atoms with Crippen molar-refractivity contribution in [1.29, 1.82) is 0 Å². The van der Waals surface area contributed by atoms with E-state index in [9.17, 15) is 137 Å². The summed E-state index contributed by atoms with van der Waals surface area (Å²) in [7, 11) is 0. The van der Waals surface area contributed by atoms with Crippen LogP contribution in [0.25, 0.3) is 0 Å². The second kappa shape index (κ2) is 62.4. The minimum atomic E-state index is -2.35. The number of carbonyl (C=O) groups is 4. The molecule has 0 bridgehead atoms. The molecule has 139 heavy (non-hydrogen) atoms. The first kappa shape index (κ1) is 120. The molecule has 0 radical (unpaired) electrons. The molecule has 27 N–H and O–H groups in total. The Bertz CT molecular complexity index is 3440. The summed E-state index contributed by atoms with van der Waals surface area (Å²) in [5.41, 5.74) is 0. The van der Waals surface area contributed by atoms with Gasteiger partial charge in [-0.25, -0.2) is 0 Å². The van der Waals surface area contributed by atoms with Crippen LogP contribution in [0.1, 0.15) is 227 Å². The van der Waals surface area contributed by atoms with Gasteiger partial charge in [-0.1, -0.05) is 193 Å². The Morgan fingerprint density at radius 1 is 0.281 bits per heavy atom. The summed E-state index contributed by atoms with van der Waals surface area (Å²) in [6.07, 6.45) is -38.5. The highest BCUT2D eigenvalue weighted by Gasteiger charge is 2.61. The molecular weight excluding hydrogens is 1850 g/mol. The molecule has 0 aromatic rings. The topological polar surface area (TPSA) is 729 Å². The van der Waals surface area contributed by atoms with Crippen LogP contribution in [0.15, 0.2) is 12.2 Å². The van der Waals surface area contributed by atoms with Gasteiger partial charge in [0.1, 0.15) is 195 Å². The van der Waals surface area contributed by atoms with E-state index < -0.39 is 335 Å². The average molecular weight is 2010 g/mol. The van der Waals surface area contributed by atoms with Crippen LogP contribution in [-0.2, 0) is 95.0 Å². The molecule has 16 unspecified atom stereocenters. The van der Waals surface area contributed by atoms with Crippen molar-refractivity contribution in [2.75, 3.05) is 59.5 Å². The Hall–Kier alpha value is -3.94. The van der Waals surface area contributed by atoms with E-state index in [-0.39, 0.29) is 12.3 Å². The largest absolute Gasteiger partial charge is 0.394 e. The molecule has 0 spiro atoms. The summed E-state index contributed by atoms with van der Waals surface area (Å²) in [5.74, 6) is -3.08.